The van der Waals surface area contributed by atoms with Crippen molar-refractivity contribution in [2.75, 3.05) is 5.32 Å². The van der Waals surface area contributed by atoms with Crippen molar-refractivity contribution in [2.45, 2.75) is 20.3 Å². The SMILES string of the molecule is CCc1cc(O)c(NC(C)=O)cc1Br. The Bertz CT molecular complexity index is 363. The predicted molar refractivity (Wildman–Crippen MR) is 59.5 cm³/mol. The molecule has 1 aromatic rings. The molecule has 2 N–H and O–H groups in total. The lowest BCUT2D eigenvalue weighted by molar-refractivity contribution is -0.114. The average molecular weight is 258 g/mol. The molecule has 0 aromatic heterocycles. The molecule has 0 heterocycles. The lowest BCUT2D eigenvalue weighted by Crippen LogP contribution is -2.06. The Morgan fingerprint density at radius 2 is 2.21 bits per heavy atom. The summed E-state index contributed by atoms with van der Waals surface area (Å²) in [7, 11) is 0. The maximum Gasteiger partial charge on any atom is 0.221 e. The molecule has 0 fully saturated rings. The molecule has 4 heteroatoms. The van der Waals surface area contributed by atoms with Gasteiger partial charge in [-0.05, 0) is 24.1 Å². The molecule has 0 spiro atoms. The second-order valence-electron chi connectivity index (χ2n) is 3.00. The lowest BCUT2D eigenvalue weighted by atomic mass is 10.1. The fourth-order valence-corrected chi connectivity index (χ4v) is 1.79. The van der Waals surface area contributed by atoms with Crippen LogP contribution in [0.5, 0.6) is 5.75 Å². The van der Waals surface area contributed by atoms with Crippen molar-refractivity contribution >= 4 is 27.5 Å². The number of anilines is 1. The van der Waals surface area contributed by atoms with E-state index in [0.717, 1.165) is 16.5 Å². The highest BCUT2D eigenvalue weighted by Crippen LogP contribution is 2.30. The number of hydrogen-bond acceptors (Lipinski definition) is 2. The molecule has 14 heavy (non-hydrogen) atoms. The van der Waals surface area contributed by atoms with Crippen molar-refractivity contribution in [3.8, 4) is 5.75 Å². The molecule has 0 saturated heterocycles. The summed E-state index contributed by atoms with van der Waals surface area (Å²) in [5, 5.41) is 12.1. The van der Waals surface area contributed by atoms with Crippen LogP contribution in [0.25, 0.3) is 0 Å². The molecule has 0 bridgehead atoms. The van der Waals surface area contributed by atoms with Gasteiger partial charge in [0.15, 0.2) is 0 Å². The van der Waals surface area contributed by atoms with Crippen LogP contribution in [0.1, 0.15) is 19.4 Å². The zero-order chi connectivity index (χ0) is 10.7. The summed E-state index contributed by atoms with van der Waals surface area (Å²) in [5.74, 6) is -0.100. The van der Waals surface area contributed by atoms with Crippen molar-refractivity contribution < 1.29 is 9.90 Å². The van der Waals surface area contributed by atoms with Gasteiger partial charge in [-0.25, -0.2) is 0 Å². The van der Waals surface area contributed by atoms with Crippen LogP contribution in [-0.2, 0) is 11.2 Å². The number of amides is 1. The van der Waals surface area contributed by atoms with Gasteiger partial charge < -0.3 is 10.4 Å². The van der Waals surface area contributed by atoms with Gasteiger partial charge in [0.1, 0.15) is 5.75 Å². The Morgan fingerprint density at radius 1 is 1.57 bits per heavy atom. The van der Waals surface area contributed by atoms with Crippen molar-refractivity contribution in [3.63, 3.8) is 0 Å². The molecule has 1 aromatic carbocycles. The fourth-order valence-electron chi connectivity index (χ4n) is 1.17. The Balaban J connectivity index is 3.08. The van der Waals surface area contributed by atoms with E-state index in [1.807, 2.05) is 6.92 Å². The quantitative estimate of drug-likeness (QED) is 0.801. The van der Waals surface area contributed by atoms with E-state index in [1.165, 1.54) is 6.92 Å². The third kappa shape index (κ3) is 2.48. The first-order valence-electron chi connectivity index (χ1n) is 4.33. The van der Waals surface area contributed by atoms with Crippen LogP contribution in [0.4, 0.5) is 5.69 Å². The molecule has 0 saturated carbocycles. The third-order valence-corrected chi connectivity index (χ3v) is 2.59. The number of benzene rings is 1. The first-order valence-corrected chi connectivity index (χ1v) is 5.13. The van der Waals surface area contributed by atoms with Crippen LogP contribution < -0.4 is 5.32 Å². The van der Waals surface area contributed by atoms with Crippen LogP contribution >= 0.6 is 15.9 Å². The van der Waals surface area contributed by atoms with Gasteiger partial charge in [-0.15, -0.1) is 0 Å². The van der Waals surface area contributed by atoms with Gasteiger partial charge >= 0.3 is 0 Å². The minimum atomic E-state index is -0.198. The topological polar surface area (TPSA) is 49.3 Å². The van der Waals surface area contributed by atoms with Crippen LogP contribution in [0, 0.1) is 0 Å². The van der Waals surface area contributed by atoms with E-state index in [2.05, 4.69) is 21.2 Å². The maximum absolute atomic E-state index is 10.8. The second kappa shape index (κ2) is 4.46. The number of phenols is 1. The van der Waals surface area contributed by atoms with Crippen LogP contribution in [0.3, 0.4) is 0 Å². The van der Waals surface area contributed by atoms with E-state index >= 15 is 0 Å². The van der Waals surface area contributed by atoms with Crippen molar-refractivity contribution in [1.29, 1.82) is 0 Å². The van der Waals surface area contributed by atoms with E-state index in [9.17, 15) is 9.90 Å². The van der Waals surface area contributed by atoms with Gasteiger partial charge in [0.25, 0.3) is 0 Å². The Morgan fingerprint density at radius 3 is 2.71 bits per heavy atom. The lowest BCUT2D eigenvalue weighted by Gasteiger charge is -2.08. The number of rotatable bonds is 2. The number of carbonyl (C=O) groups is 1. The third-order valence-electron chi connectivity index (χ3n) is 1.86. The van der Waals surface area contributed by atoms with E-state index in [1.54, 1.807) is 12.1 Å². The molecule has 0 aliphatic heterocycles. The van der Waals surface area contributed by atoms with Gasteiger partial charge in [-0.3, -0.25) is 4.79 Å². The molecule has 0 atom stereocenters. The highest BCUT2D eigenvalue weighted by Gasteiger charge is 2.07. The molecule has 1 amide bonds. The average Bonchev–Trinajstić information content (AvgIpc) is 2.10. The Kier molecular flexibility index (Phi) is 3.52. The van der Waals surface area contributed by atoms with Crippen molar-refractivity contribution in [1.82, 2.24) is 0 Å². The standard InChI is InChI=1S/C10H12BrNO2/c1-3-7-4-10(14)9(5-8(7)11)12-6(2)13/h4-5,14H,3H2,1-2H3,(H,12,13). The molecule has 0 aliphatic rings. The number of phenolic OH excluding ortho intramolecular Hbond substituents is 1. The van der Waals surface area contributed by atoms with Gasteiger partial charge in [0.2, 0.25) is 5.91 Å². The highest BCUT2D eigenvalue weighted by molar-refractivity contribution is 9.10. The van der Waals surface area contributed by atoms with Crippen molar-refractivity contribution in [3.05, 3.63) is 22.2 Å². The summed E-state index contributed by atoms with van der Waals surface area (Å²) in [6.07, 6.45) is 0.828. The smallest absolute Gasteiger partial charge is 0.221 e. The summed E-state index contributed by atoms with van der Waals surface area (Å²) >= 11 is 3.37. The van der Waals surface area contributed by atoms with Gasteiger partial charge in [-0.2, -0.15) is 0 Å². The fraction of sp³-hybridized carbons (Fsp3) is 0.300. The predicted octanol–water partition coefficient (Wildman–Crippen LogP) is 2.68. The highest BCUT2D eigenvalue weighted by atomic mass is 79.9. The van der Waals surface area contributed by atoms with Crippen LogP contribution in [-0.4, -0.2) is 11.0 Å². The Hall–Kier alpha value is -1.03. The number of carbonyl (C=O) groups excluding carboxylic acids is 1. The van der Waals surface area contributed by atoms with Crippen molar-refractivity contribution in [2.24, 2.45) is 0 Å². The minimum Gasteiger partial charge on any atom is -0.506 e. The summed E-state index contributed by atoms with van der Waals surface area (Å²) in [5.41, 5.74) is 1.44. The summed E-state index contributed by atoms with van der Waals surface area (Å²) in [6, 6.07) is 3.35. The summed E-state index contributed by atoms with van der Waals surface area (Å²) in [6.45, 7) is 3.40. The van der Waals surface area contributed by atoms with Crippen LogP contribution in [0.15, 0.2) is 16.6 Å². The largest absolute Gasteiger partial charge is 0.506 e. The maximum atomic E-state index is 10.8. The van der Waals surface area contributed by atoms with Crippen LogP contribution in [0.2, 0.25) is 0 Å². The normalized spacial score (nSPS) is 9.93. The van der Waals surface area contributed by atoms with E-state index < -0.39 is 0 Å². The summed E-state index contributed by atoms with van der Waals surface area (Å²) in [4.78, 5) is 10.8. The number of nitrogens with one attached hydrogen (secondary N) is 1. The molecule has 0 unspecified atom stereocenters. The first kappa shape index (κ1) is 11.0. The number of halogens is 1. The molecular formula is C10H12BrNO2. The molecule has 0 aliphatic carbocycles. The minimum absolute atomic E-state index is 0.0975. The molecule has 76 valence electrons. The monoisotopic (exact) mass is 257 g/mol. The molecule has 3 nitrogen and oxygen atoms in total. The molecular weight excluding hydrogens is 246 g/mol. The Labute approximate surface area is 91.3 Å². The summed E-state index contributed by atoms with van der Waals surface area (Å²) < 4.78 is 0.890. The van der Waals surface area contributed by atoms with E-state index in [4.69, 9.17) is 0 Å². The number of aryl methyl sites for hydroxylation is 1. The zero-order valence-corrected chi connectivity index (χ0v) is 9.68. The number of hydrogen-bond donors (Lipinski definition) is 2. The second-order valence-corrected chi connectivity index (χ2v) is 3.85. The van der Waals surface area contributed by atoms with Gasteiger partial charge in [0, 0.05) is 11.4 Å². The first-order chi connectivity index (χ1) is 6.54. The van der Waals surface area contributed by atoms with E-state index in [-0.39, 0.29) is 11.7 Å². The molecule has 1 rings (SSSR count). The molecule has 0 radical (unpaired) electrons. The zero-order valence-electron chi connectivity index (χ0n) is 8.10. The number of aromatic hydroxyl groups is 1. The van der Waals surface area contributed by atoms with Gasteiger partial charge in [0.05, 0.1) is 5.69 Å². The van der Waals surface area contributed by atoms with E-state index in [0.29, 0.717) is 5.69 Å². The van der Waals surface area contributed by atoms with Gasteiger partial charge in [-0.1, -0.05) is 22.9 Å².